The molecule has 3 N–H and O–H groups in total. The predicted molar refractivity (Wildman–Crippen MR) is 92.9 cm³/mol. The summed E-state index contributed by atoms with van der Waals surface area (Å²) in [5.41, 5.74) is 2.79. The van der Waals surface area contributed by atoms with Gasteiger partial charge < -0.3 is 15.7 Å². The number of halogens is 2. The summed E-state index contributed by atoms with van der Waals surface area (Å²) in [6.45, 7) is 0. The second-order valence-electron chi connectivity index (χ2n) is 6.95. The second kappa shape index (κ2) is 6.59. The second-order valence-corrected chi connectivity index (χ2v) is 6.95. The smallest absolute Gasteiger partial charge is 0.315 e. The average Bonchev–Trinajstić information content (AvgIpc) is 3.00. The van der Waals surface area contributed by atoms with E-state index in [0.717, 1.165) is 23.6 Å². The Morgan fingerprint density at radius 3 is 2.58 bits per heavy atom. The quantitative estimate of drug-likeness (QED) is 0.759. The van der Waals surface area contributed by atoms with E-state index in [0.29, 0.717) is 36.8 Å². The molecular weight excluding hydrogens is 338 g/mol. The SMILES string of the molecule is O=C(NC1CCc2c(O)cccc21)N[C@H]1CCCc2c(F)cc(F)cc21. The largest absolute Gasteiger partial charge is 0.508 e. The average molecular weight is 358 g/mol. The number of aromatic hydroxyl groups is 1. The molecule has 2 amide bonds. The number of hydrogen-bond acceptors (Lipinski definition) is 2. The zero-order chi connectivity index (χ0) is 18.3. The zero-order valence-corrected chi connectivity index (χ0v) is 14.2. The van der Waals surface area contributed by atoms with Crippen LogP contribution in [0.5, 0.6) is 5.75 Å². The lowest BCUT2D eigenvalue weighted by atomic mass is 9.87. The summed E-state index contributed by atoms with van der Waals surface area (Å²) in [7, 11) is 0. The van der Waals surface area contributed by atoms with Gasteiger partial charge in [0.2, 0.25) is 0 Å². The van der Waals surface area contributed by atoms with Crippen molar-refractivity contribution >= 4 is 6.03 Å². The van der Waals surface area contributed by atoms with Gasteiger partial charge in [-0.15, -0.1) is 0 Å². The molecule has 2 atom stereocenters. The number of rotatable bonds is 2. The first-order valence-corrected chi connectivity index (χ1v) is 8.88. The molecule has 136 valence electrons. The first-order valence-electron chi connectivity index (χ1n) is 8.88. The first-order chi connectivity index (χ1) is 12.5. The van der Waals surface area contributed by atoms with E-state index < -0.39 is 17.7 Å². The molecule has 4 nitrogen and oxygen atoms in total. The number of benzene rings is 2. The van der Waals surface area contributed by atoms with Gasteiger partial charge in [0, 0.05) is 6.07 Å². The van der Waals surface area contributed by atoms with E-state index in [1.165, 1.54) is 6.07 Å². The molecule has 26 heavy (non-hydrogen) atoms. The third-order valence-electron chi connectivity index (χ3n) is 5.35. The Balaban J connectivity index is 1.49. The highest BCUT2D eigenvalue weighted by Gasteiger charge is 2.28. The number of phenolic OH excluding ortho intramolecular Hbond substituents is 1. The van der Waals surface area contributed by atoms with Crippen molar-refractivity contribution in [3.63, 3.8) is 0 Å². The molecule has 2 aliphatic carbocycles. The molecule has 0 bridgehead atoms. The minimum Gasteiger partial charge on any atom is -0.508 e. The van der Waals surface area contributed by atoms with Gasteiger partial charge in [0.1, 0.15) is 17.4 Å². The van der Waals surface area contributed by atoms with Gasteiger partial charge in [0.15, 0.2) is 0 Å². The van der Waals surface area contributed by atoms with Crippen LogP contribution in [0.4, 0.5) is 13.6 Å². The van der Waals surface area contributed by atoms with Crippen molar-refractivity contribution in [2.45, 2.75) is 44.2 Å². The topological polar surface area (TPSA) is 61.4 Å². The Bertz CT molecular complexity index is 869. The van der Waals surface area contributed by atoms with Gasteiger partial charge in [-0.3, -0.25) is 0 Å². The Morgan fingerprint density at radius 1 is 1.00 bits per heavy atom. The molecule has 0 saturated carbocycles. The summed E-state index contributed by atoms with van der Waals surface area (Å²) in [6, 6.07) is 6.55. The van der Waals surface area contributed by atoms with E-state index in [9.17, 15) is 18.7 Å². The molecule has 0 spiro atoms. The summed E-state index contributed by atoms with van der Waals surface area (Å²) in [5, 5.41) is 15.7. The van der Waals surface area contributed by atoms with Crippen LogP contribution in [0.1, 0.15) is 53.6 Å². The number of carbonyl (C=O) groups excluding carboxylic acids is 1. The maximum absolute atomic E-state index is 14.0. The Morgan fingerprint density at radius 2 is 1.77 bits per heavy atom. The van der Waals surface area contributed by atoms with Gasteiger partial charge in [-0.2, -0.15) is 0 Å². The van der Waals surface area contributed by atoms with Gasteiger partial charge in [0.25, 0.3) is 0 Å². The molecule has 6 heteroatoms. The van der Waals surface area contributed by atoms with Gasteiger partial charge in [-0.25, -0.2) is 13.6 Å². The third kappa shape index (κ3) is 3.00. The van der Waals surface area contributed by atoms with Crippen LogP contribution in [0.25, 0.3) is 0 Å². The standard InChI is InChI=1S/C20H20F2N2O2/c21-11-9-15-12(16(22)10-11)3-1-5-17(15)23-20(26)24-18-8-7-14-13(18)4-2-6-19(14)25/h2,4,6,9-10,17-18,25H,1,3,5,7-8H2,(H2,23,24,26)/t17-,18?/m0/s1. The van der Waals surface area contributed by atoms with Crippen LogP contribution in [0.2, 0.25) is 0 Å². The van der Waals surface area contributed by atoms with Crippen LogP contribution < -0.4 is 10.6 Å². The highest BCUT2D eigenvalue weighted by Crippen LogP contribution is 2.36. The fraction of sp³-hybridized carbons (Fsp3) is 0.350. The monoisotopic (exact) mass is 358 g/mol. The zero-order valence-electron chi connectivity index (χ0n) is 14.2. The van der Waals surface area contributed by atoms with Crippen molar-refractivity contribution in [1.29, 1.82) is 0 Å². The normalized spacial score (nSPS) is 21.0. The molecule has 0 aliphatic heterocycles. The Labute approximate surface area is 150 Å². The number of hydrogen-bond donors (Lipinski definition) is 3. The third-order valence-corrected chi connectivity index (χ3v) is 5.35. The first kappa shape index (κ1) is 16.8. The van der Waals surface area contributed by atoms with Crippen LogP contribution in [-0.4, -0.2) is 11.1 Å². The minimum atomic E-state index is -0.629. The summed E-state index contributed by atoms with van der Waals surface area (Å²) in [4.78, 5) is 12.5. The summed E-state index contributed by atoms with van der Waals surface area (Å²) in [6.07, 6.45) is 3.35. The lowest BCUT2D eigenvalue weighted by Gasteiger charge is -2.27. The fourth-order valence-corrected chi connectivity index (χ4v) is 4.13. The number of urea groups is 1. The Hall–Kier alpha value is -2.63. The number of nitrogens with one attached hydrogen (secondary N) is 2. The van der Waals surface area contributed by atoms with Crippen LogP contribution in [0, 0.1) is 11.6 Å². The van der Waals surface area contributed by atoms with Crippen LogP contribution >= 0.6 is 0 Å². The lowest BCUT2D eigenvalue weighted by molar-refractivity contribution is 0.231. The van der Waals surface area contributed by atoms with Gasteiger partial charge >= 0.3 is 6.03 Å². The molecule has 2 aromatic rings. The molecule has 2 aliphatic rings. The van der Waals surface area contributed by atoms with Crippen LogP contribution in [0.15, 0.2) is 30.3 Å². The van der Waals surface area contributed by atoms with Crippen molar-refractivity contribution in [2.75, 3.05) is 0 Å². The van der Waals surface area contributed by atoms with E-state index in [1.807, 2.05) is 6.07 Å². The minimum absolute atomic E-state index is 0.176. The van der Waals surface area contributed by atoms with E-state index in [2.05, 4.69) is 10.6 Å². The molecule has 0 radical (unpaired) electrons. The number of carbonyl (C=O) groups is 1. The van der Waals surface area contributed by atoms with Crippen molar-refractivity contribution in [2.24, 2.45) is 0 Å². The van der Waals surface area contributed by atoms with Crippen LogP contribution in [-0.2, 0) is 12.8 Å². The molecule has 2 aromatic carbocycles. The molecule has 0 heterocycles. The highest BCUT2D eigenvalue weighted by molar-refractivity contribution is 5.75. The summed E-state index contributed by atoms with van der Waals surface area (Å²) < 4.78 is 27.6. The fourth-order valence-electron chi connectivity index (χ4n) is 4.13. The van der Waals surface area contributed by atoms with Gasteiger partial charge in [-0.1, -0.05) is 12.1 Å². The van der Waals surface area contributed by atoms with E-state index in [4.69, 9.17) is 0 Å². The molecule has 0 aromatic heterocycles. The number of amides is 2. The maximum Gasteiger partial charge on any atom is 0.315 e. The molecule has 0 saturated heterocycles. The van der Waals surface area contributed by atoms with E-state index in [1.54, 1.807) is 12.1 Å². The summed E-state index contributed by atoms with van der Waals surface area (Å²) >= 11 is 0. The molecular formula is C20H20F2N2O2. The molecule has 0 fully saturated rings. The van der Waals surface area contributed by atoms with Crippen LogP contribution in [0.3, 0.4) is 0 Å². The van der Waals surface area contributed by atoms with Crippen molar-refractivity contribution in [1.82, 2.24) is 10.6 Å². The highest BCUT2D eigenvalue weighted by atomic mass is 19.1. The van der Waals surface area contributed by atoms with Crippen molar-refractivity contribution < 1.29 is 18.7 Å². The molecule has 4 rings (SSSR count). The van der Waals surface area contributed by atoms with Gasteiger partial charge in [-0.05, 0) is 66.5 Å². The predicted octanol–water partition coefficient (Wildman–Crippen LogP) is 4.03. The number of phenols is 1. The Kier molecular flexibility index (Phi) is 4.26. The number of fused-ring (bicyclic) bond motifs is 2. The van der Waals surface area contributed by atoms with E-state index >= 15 is 0 Å². The van der Waals surface area contributed by atoms with Crippen molar-refractivity contribution in [3.8, 4) is 5.75 Å². The lowest BCUT2D eigenvalue weighted by Crippen LogP contribution is -2.40. The maximum atomic E-state index is 14.0. The van der Waals surface area contributed by atoms with E-state index in [-0.39, 0.29) is 17.8 Å². The summed E-state index contributed by atoms with van der Waals surface area (Å²) in [5.74, 6) is -0.929. The molecule has 1 unspecified atom stereocenters. The van der Waals surface area contributed by atoms with Gasteiger partial charge in [0.05, 0.1) is 12.1 Å². The van der Waals surface area contributed by atoms with Crippen molar-refractivity contribution in [3.05, 3.63) is 64.2 Å².